The van der Waals surface area contributed by atoms with Crippen LogP contribution in [-0.2, 0) is 55.8 Å². The summed E-state index contributed by atoms with van der Waals surface area (Å²) in [6.45, 7) is 2.49. The summed E-state index contributed by atoms with van der Waals surface area (Å²) in [6.07, 6.45) is 99.2. The molecule has 0 aliphatic heterocycles. The molecule has 0 fully saturated rings. The van der Waals surface area contributed by atoms with E-state index in [-0.39, 0.29) is 19.3 Å². The second-order valence-electron chi connectivity index (χ2n) is 28.2. The summed E-state index contributed by atoms with van der Waals surface area (Å²) in [4.78, 5) is 58.8. The SMILES string of the molecule is CC/C=C\C/C=C\C/C=C\C/C=C\C/C=C\C/C=C\CCCCCCCCCCCCCCC(=O)OCC(O)COP(=O)(O)OCC(O)COP(=O)(O)OCC(COC(=O)CCCCCCCCCCC/C=C\C/C=C\C/C=C\C/C=C\C/C=C\CC)OC(=O)CCCCCCCCCCCCCCCCC. The summed E-state index contributed by atoms with van der Waals surface area (Å²) in [6, 6.07) is 0. The zero-order valence-electron chi connectivity index (χ0n) is 67.5. The van der Waals surface area contributed by atoms with Gasteiger partial charge in [-0.05, 0) is 116 Å². The molecule has 0 spiro atoms. The molecule has 0 rings (SSSR count). The monoisotopic (exact) mass is 1540 g/mol. The zero-order chi connectivity index (χ0) is 78.0. The van der Waals surface area contributed by atoms with E-state index in [0.29, 0.717) is 19.3 Å². The molecule has 107 heavy (non-hydrogen) atoms. The van der Waals surface area contributed by atoms with Crippen molar-refractivity contribution in [1.82, 2.24) is 0 Å². The number of rotatable bonds is 80. The van der Waals surface area contributed by atoms with E-state index in [1.54, 1.807) is 0 Å². The number of ether oxygens (including phenoxy) is 3. The number of esters is 3. The number of aliphatic hydroxyl groups is 2. The molecule has 0 bridgehead atoms. The predicted octanol–water partition coefficient (Wildman–Crippen LogP) is 25.4. The molecule has 0 aliphatic rings. The maximum Gasteiger partial charge on any atom is 0.472 e. The highest BCUT2D eigenvalue weighted by Gasteiger charge is 2.29. The Bertz CT molecular complexity index is 2480. The average molecular weight is 1540 g/mol. The first-order valence-electron chi connectivity index (χ1n) is 42.5. The van der Waals surface area contributed by atoms with Crippen molar-refractivity contribution in [3.05, 3.63) is 134 Å². The fourth-order valence-electron chi connectivity index (χ4n) is 11.5. The van der Waals surface area contributed by atoms with Crippen LogP contribution in [0.5, 0.6) is 0 Å². The van der Waals surface area contributed by atoms with Crippen LogP contribution in [-0.4, -0.2) is 95.9 Å². The Hall–Kier alpha value is -4.31. The predicted molar refractivity (Wildman–Crippen MR) is 445 cm³/mol. The largest absolute Gasteiger partial charge is 0.472 e. The third kappa shape index (κ3) is 82.5. The molecule has 4 N–H and O–H groups in total. The summed E-state index contributed by atoms with van der Waals surface area (Å²) in [5.74, 6) is -1.57. The minimum absolute atomic E-state index is 0.106. The van der Waals surface area contributed by atoms with Gasteiger partial charge in [-0.3, -0.25) is 32.5 Å². The topological polar surface area (TPSA) is 231 Å². The van der Waals surface area contributed by atoms with Crippen LogP contribution in [0.25, 0.3) is 0 Å². The van der Waals surface area contributed by atoms with E-state index in [9.17, 15) is 43.5 Å². The van der Waals surface area contributed by atoms with Gasteiger partial charge in [-0.1, -0.05) is 353 Å². The van der Waals surface area contributed by atoms with Gasteiger partial charge in [0.05, 0.1) is 26.4 Å². The second kappa shape index (κ2) is 81.2. The third-order valence-electron chi connectivity index (χ3n) is 17.9. The van der Waals surface area contributed by atoms with E-state index >= 15 is 0 Å². The minimum atomic E-state index is -4.93. The van der Waals surface area contributed by atoms with Crippen molar-refractivity contribution in [1.29, 1.82) is 0 Å². The highest BCUT2D eigenvalue weighted by Crippen LogP contribution is 2.45. The molecule has 0 aromatic carbocycles. The number of hydrogen-bond acceptors (Lipinski definition) is 14. The van der Waals surface area contributed by atoms with Gasteiger partial charge in [0.2, 0.25) is 0 Å². The lowest BCUT2D eigenvalue weighted by molar-refractivity contribution is -0.161. The van der Waals surface area contributed by atoms with E-state index in [1.807, 2.05) is 0 Å². The van der Waals surface area contributed by atoms with Gasteiger partial charge in [-0.15, -0.1) is 0 Å². The highest BCUT2D eigenvalue weighted by atomic mass is 31.2. The van der Waals surface area contributed by atoms with Gasteiger partial charge in [0, 0.05) is 19.3 Å². The minimum Gasteiger partial charge on any atom is -0.463 e. The van der Waals surface area contributed by atoms with Crippen LogP contribution < -0.4 is 0 Å². The number of carbonyl (C=O) groups is 3. The van der Waals surface area contributed by atoms with E-state index in [1.165, 1.54) is 141 Å². The normalized spacial score (nSPS) is 14.6. The van der Waals surface area contributed by atoms with Crippen LogP contribution in [0.1, 0.15) is 355 Å². The maximum absolute atomic E-state index is 13.0. The Kier molecular flexibility index (Phi) is 77.9. The fraction of sp³-hybridized carbons (Fsp3) is 0.719. The highest BCUT2D eigenvalue weighted by molar-refractivity contribution is 7.47. The van der Waals surface area contributed by atoms with Crippen molar-refractivity contribution in [2.75, 3.05) is 39.6 Å². The van der Waals surface area contributed by atoms with Crippen molar-refractivity contribution in [2.24, 2.45) is 0 Å². The number of hydrogen-bond donors (Lipinski definition) is 4. The smallest absolute Gasteiger partial charge is 0.463 e. The Morgan fingerprint density at radius 3 is 0.785 bits per heavy atom. The molecule has 16 nitrogen and oxygen atoms in total. The van der Waals surface area contributed by atoms with Gasteiger partial charge in [0.1, 0.15) is 25.4 Å². The van der Waals surface area contributed by atoms with Crippen molar-refractivity contribution < 1.29 is 75.8 Å². The first kappa shape index (κ1) is 103. The van der Waals surface area contributed by atoms with E-state index in [4.69, 9.17) is 32.3 Å². The molecule has 0 amide bonds. The molecule has 0 heterocycles. The first-order chi connectivity index (χ1) is 52.2. The van der Waals surface area contributed by atoms with Crippen LogP contribution in [0, 0.1) is 0 Å². The molecule has 18 heteroatoms. The van der Waals surface area contributed by atoms with E-state index < -0.39 is 91.5 Å². The van der Waals surface area contributed by atoms with Crippen LogP contribution in [0.2, 0.25) is 0 Å². The van der Waals surface area contributed by atoms with E-state index in [2.05, 4.69) is 154 Å². The standard InChI is InChI=1S/C89H154O16P2/c1-4-7-10-13-16-19-22-25-28-30-32-34-36-38-39-40-41-42-43-45-47-48-50-52-55-57-60-63-66-69-72-75-87(92)99-78-84(90)79-101-106(95,96)102-80-85(91)81-103-107(97,98)104-83-86(105-89(94)77-74-71-68-65-62-59-54-27-24-21-18-15-12-9-6-3)82-100-88(93)76-73-70-67-64-61-58-56-53-51-49-46-44-37-35-33-31-29-26-23-20-17-14-11-8-5-2/h7-8,10-11,16-17,19-20,25-26,28-29,32-35,38-39,41-42,44,46,84-86,90-91H,4-6,9,12-15,18,21-24,27,30-31,36-37,40,43,45,47-83H2,1-3H3,(H,95,96)(H,97,98)/b10-7-,11-8-,19-16-,20-17-,28-25-,29-26-,34-32-,35-33-,39-38-,42-41-,46-44-. The number of phosphoric acid groups is 2. The molecule has 616 valence electrons. The quantitative estimate of drug-likeness (QED) is 0.0146. The van der Waals surface area contributed by atoms with Crippen LogP contribution in [0.15, 0.2) is 134 Å². The Morgan fingerprint density at radius 1 is 0.271 bits per heavy atom. The lowest BCUT2D eigenvalue weighted by atomic mass is 10.0. The Balaban J connectivity index is 4.51. The van der Waals surface area contributed by atoms with Gasteiger partial charge < -0.3 is 34.2 Å². The van der Waals surface area contributed by atoms with Gasteiger partial charge in [-0.2, -0.15) is 0 Å². The molecule has 0 aliphatic carbocycles. The third-order valence-corrected chi connectivity index (χ3v) is 19.8. The molecule has 0 radical (unpaired) electrons. The molecular formula is C89H154O16P2. The maximum atomic E-state index is 13.0. The molecule has 0 aromatic heterocycles. The first-order valence-corrected chi connectivity index (χ1v) is 45.5. The zero-order valence-corrected chi connectivity index (χ0v) is 69.3. The van der Waals surface area contributed by atoms with Crippen molar-refractivity contribution in [2.45, 2.75) is 373 Å². The van der Waals surface area contributed by atoms with E-state index in [0.717, 1.165) is 154 Å². The number of phosphoric ester groups is 2. The van der Waals surface area contributed by atoms with Gasteiger partial charge in [0.25, 0.3) is 0 Å². The number of unbranched alkanes of at least 4 members (excludes halogenated alkanes) is 35. The summed E-state index contributed by atoms with van der Waals surface area (Å²) < 4.78 is 61.3. The molecule has 0 aromatic rings. The molecule has 5 atom stereocenters. The second-order valence-corrected chi connectivity index (χ2v) is 31.1. The summed E-state index contributed by atoms with van der Waals surface area (Å²) >= 11 is 0. The number of aliphatic hydroxyl groups excluding tert-OH is 2. The molecule has 0 saturated heterocycles. The van der Waals surface area contributed by atoms with Crippen LogP contribution >= 0.6 is 15.6 Å². The Morgan fingerprint density at radius 2 is 0.495 bits per heavy atom. The van der Waals surface area contributed by atoms with Gasteiger partial charge in [-0.25, -0.2) is 9.13 Å². The van der Waals surface area contributed by atoms with Crippen molar-refractivity contribution in [3.63, 3.8) is 0 Å². The Labute approximate surface area is 652 Å². The van der Waals surface area contributed by atoms with Gasteiger partial charge in [0.15, 0.2) is 6.10 Å². The van der Waals surface area contributed by atoms with Crippen molar-refractivity contribution in [3.8, 4) is 0 Å². The van der Waals surface area contributed by atoms with Crippen LogP contribution in [0.4, 0.5) is 0 Å². The molecule has 5 unspecified atom stereocenters. The summed E-state index contributed by atoms with van der Waals surface area (Å²) in [5.41, 5.74) is 0. The number of carbonyl (C=O) groups excluding carboxylic acids is 3. The lowest BCUT2D eigenvalue weighted by Gasteiger charge is -2.21. The van der Waals surface area contributed by atoms with Gasteiger partial charge >= 0.3 is 33.6 Å². The fourth-order valence-corrected chi connectivity index (χ4v) is 13.1. The van der Waals surface area contributed by atoms with Crippen LogP contribution in [0.3, 0.4) is 0 Å². The lowest BCUT2D eigenvalue weighted by Crippen LogP contribution is -2.30. The average Bonchev–Trinajstić information content (AvgIpc) is 0.906. The molecular weight excluding hydrogens is 1390 g/mol. The summed E-state index contributed by atoms with van der Waals surface area (Å²) in [7, 11) is -9.79. The summed E-state index contributed by atoms with van der Waals surface area (Å²) in [5, 5.41) is 20.7. The van der Waals surface area contributed by atoms with Crippen molar-refractivity contribution >= 4 is 33.6 Å². The molecule has 0 saturated carbocycles. The number of allylic oxidation sites excluding steroid dienone is 22.